The van der Waals surface area contributed by atoms with Crippen LogP contribution < -0.4 is 0 Å². The van der Waals surface area contributed by atoms with Crippen LogP contribution in [-0.2, 0) is 34.1 Å². The predicted octanol–water partition coefficient (Wildman–Crippen LogP) is -2.64. The maximum Gasteiger partial charge on any atom is 0.0814 e. The minimum Gasteiger partial charge on any atom is -0.0149 e. The molecule has 0 rings (SSSR count). The van der Waals surface area contributed by atoms with Gasteiger partial charge in [-0.05, 0) is 11.0 Å². The van der Waals surface area contributed by atoms with Crippen LogP contribution in [-0.4, -0.2) is 19.4 Å². The van der Waals surface area contributed by atoms with Gasteiger partial charge >= 0.3 is 0 Å². The molecule has 1 radical (unpaired) electrons. The molecule has 0 saturated heterocycles. The zero-order valence-corrected chi connectivity index (χ0v) is 2.70. The minimum atomic E-state index is 0. The molecule has 0 nitrogen and oxygen atoms in total. The monoisotopic (exact) mass is 165 g/mol. The zero-order valence-electron chi connectivity index (χ0n) is 0.655. The van der Waals surface area contributed by atoms with Crippen LogP contribution in [0.4, 0.5) is 0 Å². The quantitative estimate of drug-likeness (QED) is 0.344. The van der Waals surface area contributed by atoms with Crippen molar-refractivity contribution in [2.75, 3.05) is 0 Å². The first-order chi connectivity index (χ1) is 0. The van der Waals surface area contributed by atoms with Crippen molar-refractivity contribution in [3.63, 3.8) is 0 Å². The first-order valence-electron chi connectivity index (χ1n) is 0. The molecule has 0 atom stereocenters. The van der Waals surface area contributed by atoms with Gasteiger partial charge in [-0.25, -0.2) is 0 Å². The summed E-state index contributed by atoms with van der Waals surface area (Å²) in [5.74, 6) is 0. The average molecular weight is 165 g/mol. The fraction of sp³-hybridized carbons (Fsp3) is 0. The van der Waals surface area contributed by atoms with Crippen molar-refractivity contribution in [1.29, 1.82) is 0 Å². The molecule has 4 heteroatoms. The molecule has 0 N–H and O–H groups in total. The summed E-state index contributed by atoms with van der Waals surface area (Å²) >= 11 is 0. The van der Waals surface area contributed by atoms with Crippen molar-refractivity contribution < 1.29 is 34.1 Å². The van der Waals surface area contributed by atoms with Crippen molar-refractivity contribution >= 4 is 19.4 Å². The molecule has 0 aliphatic rings. The van der Waals surface area contributed by atoms with Gasteiger partial charge in [0.2, 0.25) is 0 Å². The van der Waals surface area contributed by atoms with Gasteiger partial charge in [0, 0.05) is 34.1 Å². The molecular weight excluding hydrogens is 158 g/mol. The van der Waals surface area contributed by atoms with Gasteiger partial charge in [-0.3, -0.25) is 0 Å². The molecule has 0 aliphatic carbocycles. The Hall–Kier alpha value is 1.32. The van der Waals surface area contributed by atoms with Gasteiger partial charge in [-0.1, -0.05) is 0 Å². The van der Waals surface area contributed by atoms with E-state index in [4.69, 9.17) is 0 Å². The van der Waals surface area contributed by atoms with E-state index in [1.807, 2.05) is 0 Å². The molecule has 4 heavy (non-hydrogen) atoms. The molecule has 0 fully saturated rings. The summed E-state index contributed by atoms with van der Waals surface area (Å²) in [7, 11) is 0. The van der Waals surface area contributed by atoms with Gasteiger partial charge in [0.05, 0.1) is 8.41 Å². The number of hydrogen-bond acceptors (Lipinski definition) is 0. The predicted molar refractivity (Wildman–Crippen MR) is 21.3 cm³/mol. The third-order valence-electron chi connectivity index (χ3n) is 0. The summed E-state index contributed by atoms with van der Waals surface area (Å²) in [4.78, 5) is 0. The Bertz CT molecular complexity index is 8.00. The van der Waals surface area contributed by atoms with E-state index in [1.165, 1.54) is 0 Å². The Morgan fingerprint density at radius 3 is 1.00 bits per heavy atom. The summed E-state index contributed by atoms with van der Waals surface area (Å²) in [6.45, 7) is 0. The van der Waals surface area contributed by atoms with Gasteiger partial charge < -0.3 is 0 Å². The van der Waals surface area contributed by atoms with E-state index in [9.17, 15) is 0 Å². The van der Waals surface area contributed by atoms with Crippen LogP contribution in [0.2, 0.25) is 0 Å². The molecule has 0 spiro atoms. The SMILES string of the molecule is B.[Cu].[Fe].[SiH4]. The number of rotatable bonds is 0. The average Bonchev–Trinajstić information content (AvgIpc) is 0. The van der Waals surface area contributed by atoms with E-state index < -0.39 is 0 Å². The van der Waals surface area contributed by atoms with Crippen molar-refractivity contribution in [3.05, 3.63) is 0 Å². The Balaban J connectivity index is 0. The largest absolute Gasteiger partial charge is 0.0814 e. The van der Waals surface area contributed by atoms with Crippen LogP contribution in [0.15, 0.2) is 0 Å². The second kappa shape index (κ2) is 27.3. The summed E-state index contributed by atoms with van der Waals surface area (Å²) in [5, 5.41) is 0. The Morgan fingerprint density at radius 1 is 1.00 bits per heavy atom. The first-order valence-corrected chi connectivity index (χ1v) is 0. The Kier molecular flexibility index (Phi) is 389. The maximum atomic E-state index is 0. The maximum absolute atomic E-state index is 0. The van der Waals surface area contributed by atoms with E-state index in [2.05, 4.69) is 0 Å². The Morgan fingerprint density at radius 2 is 1.00 bits per heavy atom. The molecule has 0 aromatic rings. The van der Waals surface area contributed by atoms with Gasteiger partial charge in [-0.2, -0.15) is 0 Å². The van der Waals surface area contributed by atoms with Crippen molar-refractivity contribution in [2.45, 2.75) is 0 Å². The summed E-state index contributed by atoms with van der Waals surface area (Å²) in [6.07, 6.45) is 0. The standard InChI is InChI=1S/BH3.Cu.Fe.H4Si/h1H3;;;1H4. The van der Waals surface area contributed by atoms with Gasteiger partial charge in [0.25, 0.3) is 0 Å². The molecule has 0 unspecified atom stereocenters. The van der Waals surface area contributed by atoms with Gasteiger partial charge in [0.15, 0.2) is 0 Å². The normalized spacial score (nSPS) is 0. The van der Waals surface area contributed by atoms with E-state index in [1.54, 1.807) is 0 Å². The molecular formula is H7BCuFeSi. The minimum absolute atomic E-state index is 0. The van der Waals surface area contributed by atoms with Gasteiger partial charge in [0.1, 0.15) is 0 Å². The molecule has 0 aromatic heterocycles. The van der Waals surface area contributed by atoms with Crippen LogP contribution in [0.1, 0.15) is 0 Å². The second-order valence-corrected chi connectivity index (χ2v) is 0. The van der Waals surface area contributed by atoms with Crippen LogP contribution in [0.3, 0.4) is 0 Å². The molecule has 0 amide bonds. The van der Waals surface area contributed by atoms with E-state index in [0.717, 1.165) is 0 Å². The van der Waals surface area contributed by atoms with Crippen molar-refractivity contribution in [2.24, 2.45) is 0 Å². The zero-order chi connectivity index (χ0) is 0. The Labute approximate surface area is 53.7 Å². The summed E-state index contributed by atoms with van der Waals surface area (Å²) < 4.78 is 0. The third-order valence-corrected chi connectivity index (χ3v) is 0. The van der Waals surface area contributed by atoms with Crippen molar-refractivity contribution in [1.82, 2.24) is 0 Å². The van der Waals surface area contributed by atoms with Crippen LogP contribution in [0.25, 0.3) is 0 Å². The third kappa shape index (κ3) is 10.3. The fourth-order valence-corrected chi connectivity index (χ4v) is 0. The topological polar surface area (TPSA) is 0 Å². The fourth-order valence-electron chi connectivity index (χ4n) is 0. The van der Waals surface area contributed by atoms with E-state index >= 15 is 0 Å². The summed E-state index contributed by atoms with van der Waals surface area (Å²) in [5.41, 5.74) is 0. The molecule has 0 bridgehead atoms. The van der Waals surface area contributed by atoms with Crippen molar-refractivity contribution in [3.8, 4) is 0 Å². The smallest absolute Gasteiger partial charge is 0.0149 e. The van der Waals surface area contributed by atoms with Crippen LogP contribution >= 0.6 is 0 Å². The van der Waals surface area contributed by atoms with E-state index in [0.29, 0.717) is 0 Å². The van der Waals surface area contributed by atoms with Gasteiger partial charge in [-0.15, -0.1) is 0 Å². The van der Waals surface area contributed by atoms with E-state index in [-0.39, 0.29) is 53.5 Å². The second-order valence-electron chi connectivity index (χ2n) is 0. The van der Waals surface area contributed by atoms with Crippen LogP contribution in [0, 0.1) is 0 Å². The number of hydrogen-bond donors (Lipinski definition) is 0. The molecule has 33 valence electrons. The van der Waals surface area contributed by atoms with Crippen LogP contribution in [0.5, 0.6) is 0 Å². The summed E-state index contributed by atoms with van der Waals surface area (Å²) in [6, 6.07) is 0. The first kappa shape index (κ1) is 56.9. The molecule has 0 saturated carbocycles. The molecule has 0 aromatic carbocycles. The molecule has 0 aliphatic heterocycles. The molecule has 0 heterocycles.